The van der Waals surface area contributed by atoms with E-state index in [-0.39, 0.29) is 18.0 Å². The molecule has 0 saturated heterocycles. The standard InChI is InChI=1S/C20H18BN5O4.C2H6/c1-12(27)30-11-13-4-6-15(7-5-13)26-17-9-14(21(28)29)10-24-19(17)25-20(26)16-3-2-8-23-18(16)22;1-2/h2-10,28-29H,11H2,1H3,(H2,22,23);1-2H3. The van der Waals surface area contributed by atoms with E-state index in [0.717, 1.165) is 11.3 Å². The molecule has 3 heterocycles. The lowest BCUT2D eigenvalue weighted by Crippen LogP contribution is -2.30. The number of rotatable bonds is 5. The number of imidazole rings is 1. The summed E-state index contributed by atoms with van der Waals surface area (Å²) in [5.41, 5.74) is 9.49. The Hall–Kier alpha value is -3.76. The summed E-state index contributed by atoms with van der Waals surface area (Å²) in [5, 5.41) is 19.1. The smallest absolute Gasteiger partial charge is 0.461 e. The van der Waals surface area contributed by atoms with Gasteiger partial charge in [0.15, 0.2) is 11.5 Å². The van der Waals surface area contributed by atoms with Crippen LogP contribution < -0.4 is 11.2 Å². The average Bonchev–Trinajstić information content (AvgIpc) is 3.18. The lowest BCUT2D eigenvalue weighted by Gasteiger charge is -2.12. The van der Waals surface area contributed by atoms with Gasteiger partial charge in [-0.25, -0.2) is 15.0 Å². The van der Waals surface area contributed by atoms with E-state index in [2.05, 4.69) is 15.0 Å². The molecule has 3 aromatic heterocycles. The molecule has 0 spiro atoms. The third kappa shape index (κ3) is 4.77. The molecule has 0 bridgehead atoms. The number of fused-ring (bicyclic) bond motifs is 1. The first kappa shape index (κ1) is 22.9. The minimum Gasteiger partial charge on any atom is -0.461 e. The molecule has 4 N–H and O–H groups in total. The van der Waals surface area contributed by atoms with Gasteiger partial charge in [0.05, 0.1) is 11.1 Å². The summed E-state index contributed by atoms with van der Waals surface area (Å²) >= 11 is 0. The summed E-state index contributed by atoms with van der Waals surface area (Å²) < 4.78 is 6.85. The van der Waals surface area contributed by atoms with E-state index in [1.807, 2.05) is 42.7 Å². The number of aromatic nitrogens is 4. The Kier molecular flexibility index (Phi) is 7.19. The minimum atomic E-state index is -1.66. The predicted octanol–water partition coefficient (Wildman–Crippen LogP) is 1.83. The molecule has 0 amide bonds. The number of nitrogen functional groups attached to an aromatic ring is 1. The van der Waals surface area contributed by atoms with E-state index in [4.69, 9.17) is 10.5 Å². The molecule has 9 nitrogen and oxygen atoms in total. The van der Waals surface area contributed by atoms with Crippen LogP contribution in [-0.2, 0) is 16.1 Å². The first-order valence-corrected chi connectivity index (χ1v) is 10.1. The van der Waals surface area contributed by atoms with Crippen molar-refractivity contribution in [3.8, 4) is 17.1 Å². The maximum Gasteiger partial charge on any atom is 0.490 e. The molecule has 0 saturated carbocycles. The van der Waals surface area contributed by atoms with E-state index in [1.54, 1.807) is 24.4 Å². The number of ether oxygens (including phenoxy) is 1. The SMILES string of the molecule is CC.CC(=O)OCc1ccc(-n2c(-c3cccnc3N)nc3ncc(B(O)O)cc32)cc1. The summed E-state index contributed by atoms with van der Waals surface area (Å²) in [7, 11) is -1.66. The highest BCUT2D eigenvalue weighted by atomic mass is 16.5. The van der Waals surface area contributed by atoms with E-state index in [0.29, 0.717) is 28.4 Å². The van der Waals surface area contributed by atoms with Crippen molar-refractivity contribution in [1.82, 2.24) is 19.5 Å². The zero-order valence-electron chi connectivity index (χ0n) is 18.1. The predicted molar refractivity (Wildman–Crippen MR) is 123 cm³/mol. The highest BCUT2D eigenvalue weighted by molar-refractivity contribution is 6.58. The molecule has 4 aromatic rings. The number of nitrogens with two attached hydrogens (primary N) is 1. The molecule has 4 rings (SSSR count). The summed E-state index contributed by atoms with van der Waals surface area (Å²) in [4.78, 5) is 24.0. The average molecular weight is 433 g/mol. The molecule has 10 heteroatoms. The Morgan fingerprint density at radius 3 is 2.50 bits per heavy atom. The quantitative estimate of drug-likeness (QED) is 0.320. The summed E-state index contributed by atoms with van der Waals surface area (Å²) in [5.74, 6) is 0.471. The van der Waals surface area contributed by atoms with Crippen molar-refractivity contribution in [2.24, 2.45) is 0 Å². The van der Waals surface area contributed by atoms with Crippen molar-refractivity contribution in [3.63, 3.8) is 0 Å². The van der Waals surface area contributed by atoms with Gasteiger partial charge in [-0.3, -0.25) is 9.36 Å². The molecular formula is C22H24BN5O4. The fourth-order valence-corrected chi connectivity index (χ4v) is 3.09. The Balaban J connectivity index is 0.00000141. The second-order valence-electron chi connectivity index (χ2n) is 6.64. The van der Waals surface area contributed by atoms with Gasteiger partial charge in [-0.05, 0) is 35.9 Å². The van der Waals surface area contributed by atoms with Gasteiger partial charge in [0, 0.05) is 30.5 Å². The monoisotopic (exact) mass is 433 g/mol. The maximum absolute atomic E-state index is 11.0. The van der Waals surface area contributed by atoms with Crippen LogP contribution in [0.4, 0.5) is 5.82 Å². The number of anilines is 1. The molecule has 0 aliphatic carbocycles. The summed E-state index contributed by atoms with van der Waals surface area (Å²) in [6.07, 6.45) is 2.96. The number of nitrogens with zero attached hydrogens (tertiary/aromatic N) is 4. The van der Waals surface area contributed by atoms with Crippen molar-refractivity contribution in [3.05, 3.63) is 60.4 Å². The van der Waals surface area contributed by atoms with Crippen LogP contribution in [0.3, 0.4) is 0 Å². The van der Waals surface area contributed by atoms with Crippen LogP contribution in [0.1, 0.15) is 26.3 Å². The Morgan fingerprint density at radius 1 is 1.16 bits per heavy atom. The number of carbonyl (C=O) groups excluding carboxylic acids is 1. The van der Waals surface area contributed by atoms with Crippen LogP contribution in [0, 0.1) is 0 Å². The number of hydrogen-bond acceptors (Lipinski definition) is 8. The lowest BCUT2D eigenvalue weighted by molar-refractivity contribution is -0.142. The minimum absolute atomic E-state index is 0.172. The number of esters is 1. The highest BCUT2D eigenvalue weighted by Crippen LogP contribution is 2.30. The molecule has 0 fully saturated rings. The van der Waals surface area contributed by atoms with E-state index < -0.39 is 7.12 Å². The first-order valence-electron chi connectivity index (χ1n) is 10.1. The Bertz CT molecular complexity index is 1220. The molecule has 0 unspecified atom stereocenters. The molecule has 0 aliphatic heterocycles. The van der Waals surface area contributed by atoms with Gasteiger partial charge >= 0.3 is 13.1 Å². The van der Waals surface area contributed by atoms with Crippen LogP contribution >= 0.6 is 0 Å². The lowest BCUT2D eigenvalue weighted by atomic mass is 9.81. The van der Waals surface area contributed by atoms with Gasteiger partial charge in [-0.1, -0.05) is 26.0 Å². The van der Waals surface area contributed by atoms with Crippen molar-refractivity contribution in [2.75, 3.05) is 5.73 Å². The van der Waals surface area contributed by atoms with Gasteiger partial charge in [-0.2, -0.15) is 0 Å². The molecule has 0 aliphatic rings. The number of hydrogen-bond donors (Lipinski definition) is 3. The van der Waals surface area contributed by atoms with Crippen LogP contribution in [0.15, 0.2) is 54.9 Å². The van der Waals surface area contributed by atoms with Gasteiger partial charge in [0.25, 0.3) is 0 Å². The number of pyridine rings is 2. The molecule has 1 aromatic carbocycles. The summed E-state index contributed by atoms with van der Waals surface area (Å²) in [6.45, 7) is 5.53. The van der Waals surface area contributed by atoms with Crippen LogP contribution in [0.2, 0.25) is 0 Å². The fraction of sp³-hybridized carbons (Fsp3) is 0.182. The Morgan fingerprint density at radius 2 is 1.88 bits per heavy atom. The third-order valence-electron chi connectivity index (χ3n) is 4.55. The third-order valence-corrected chi connectivity index (χ3v) is 4.55. The fourth-order valence-electron chi connectivity index (χ4n) is 3.09. The van der Waals surface area contributed by atoms with Crippen LogP contribution in [0.5, 0.6) is 0 Å². The molecule has 0 atom stereocenters. The second kappa shape index (κ2) is 10.0. The van der Waals surface area contributed by atoms with Crippen molar-refractivity contribution in [1.29, 1.82) is 0 Å². The zero-order chi connectivity index (χ0) is 23.3. The van der Waals surface area contributed by atoms with Crippen molar-refractivity contribution >= 4 is 35.5 Å². The normalized spacial score (nSPS) is 10.4. The van der Waals surface area contributed by atoms with Gasteiger partial charge < -0.3 is 20.5 Å². The van der Waals surface area contributed by atoms with Crippen molar-refractivity contribution in [2.45, 2.75) is 27.4 Å². The van der Waals surface area contributed by atoms with Gasteiger partial charge in [0.2, 0.25) is 0 Å². The summed E-state index contributed by atoms with van der Waals surface area (Å²) in [6, 6.07) is 12.5. The topological polar surface area (TPSA) is 136 Å². The highest BCUT2D eigenvalue weighted by Gasteiger charge is 2.20. The van der Waals surface area contributed by atoms with Gasteiger partial charge in [0.1, 0.15) is 12.4 Å². The van der Waals surface area contributed by atoms with Gasteiger partial charge in [-0.15, -0.1) is 0 Å². The largest absolute Gasteiger partial charge is 0.490 e. The number of carbonyl (C=O) groups is 1. The maximum atomic E-state index is 11.0. The van der Waals surface area contributed by atoms with Crippen molar-refractivity contribution < 1.29 is 19.6 Å². The Labute approximate surface area is 185 Å². The molecule has 32 heavy (non-hydrogen) atoms. The van der Waals surface area contributed by atoms with E-state index in [1.165, 1.54) is 13.1 Å². The van der Waals surface area contributed by atoms with Crippen LogP contribution in [-0.4, -0.2) is 42.7 Å². The second-order valence-corrected chi connectivity index (χ2v) is 6.64. The van der Waals surface area contributed by atoms with E-state index in [9.17, 15) is 14.8 Å². The molecule has 0 radical (unpaired) electrons. The van der Waals surface area contributed by atoms with Crippen LogP contribution in [0.25, 0.3) is 28.2 Å². The first-order chi connectivity index (χ1) is 15.4. The molecular weight excluding hydrogens is 409 g/mol. The molecule has 164 valence electrons. The number of benzene rings is 1. The van der Waals surface area contributed by atoms with E-state index >= 15 is 0 Å². The zero-order valence-corrected chi connectivity index (χ0v) is 18.1.